The highest BCUT2D eigenvalue weighted by Crippen LogP contribution is 2.12. The third-order valence-electron chi connectivity index (χ3n) is 4.24. The number of carbonyl (C=O) groups is 2. The second kappa shape index (κ2) is 8.82. The molecule has 0 saturated carbocycles. The van der Waals surface area contributed by atoms with Gasteiger partial charge >= 0.3 is 0 Å². The zero-order chi connectivity index (χ0) is 17.5. The van der Waals surface area contributed by atoms with E-state index in [1.165, 1.54) is 0 Å². The first kappa shape index (κ1) is 18.4. The Kier molecular flexibility index (Phi) is 6.78. The first-order valence-corrected chi connectivity index (χ1v) is 8.72. The molecule has 7 heteroatoms. The molecule has 1 unspecified atom stereocenters. The van der Waals surface area contributed by atoms with Gasteiger partial charge in [-0.05, 0) is 25.3 Å². The largest absolute Gasteiger partial charge is 0.359 e. The molecule has 1 atom stereocenters. The molecule has 1 fully saturated rings. The molecule has 0 aromatic carbocycles. The van der Waals surface area contributed by atoms with Gasteiger partial charge < -0.3 is 15.2 Å². The lowest BCUT2D eigenvalue weighted by atomic mass is 10.1. The van der Waals surface area contributed by atoms with Crippen molar-refractivity contribution in [2.75, 3.05) is 19.6 Å². The van der Waals surface area contributed by atoms with Crippen molar-refractivity contribution in [3.05, 3.63) is 17.5 Å². The van der Waals surface area contributed by atoms with Crippen LogP contribution in [0.4, 0.5) is 0 Å². The number of nitrogens with one attached hydrogen (secondary N) is 2. The van der Waals surface area contributed by atoms with Crippen LogP contribution in [-0.4, -0.2) is 47.5 Å². The van der Waals surface area contributed by atoms with Crippen molar-refractivity contribution in [3.63, 3.8) is 0 Å². The number of piperazine rings is 1. The number of hydrogen-bond donors (Lipinski definition) is 2. The van der Waals surface area contributed by atoms with Crippen molar-refractivity contribution in [2.24, 2.45) is 5.92 Å². The number of carbonyl (C=O) groups excluding carboxylic acids is 2. The molecule has 1 aliphatic heterocycles. The number of aromatic nitrogens is 1. The third kappa shape index (κ3) is 5.33. The van der Waals surface area contributed by atoms with Crippen molar-refractivity contribution in [1.29, 1.82) is 0 Å². The van der Waals surface area contributed by atoms with Crippen LogP contribution in [-0.2, 0) is 22.6 Å². The Morgan fingerprint density at radius 2 is 2.33 bits per heavy atom. The maximum atomic E-state index is 12.2. The molecule has 7 nitrogen and oxygen atoms in total. The summed E-state index contributed by atoms with van der Waals surface area (Å²) in [6.45, 7) is 8.89. The Balaban J connectivity index is 1.85. The summed E-state index contributed by atoms with van der Waals surface area (Å²) < 4.78 is 5.15. The van der Waals surface area contributed by atoms with E-state index in [0.717, 1.165) is 31.6 Å². The van der Waals surface area contributed by atoms with Gasteiger partial charge in [-0.3, -0.25) is 14.5 Å². The van der Waals surface area contributed by atoms with Crippen molar-refractivity contribution >= 4 is 11.8 Å². The maximum Gasteiger partial charge on any atom is 0.237 e. The summed E-state index contributed by atoms with van der Waals surface area (Å²) in [4.78, 5) is 26.5. The lowest BCUT2D eigenvalue weighted by molar-refractivity contribution is -0.134. The Labute approximate surface area is 143 Å². The van der Waals surface area contributed by atoms with Crippen LogP contribution in [0.2, 0.25) is 0 Å². The van der Waals surface area contributed by atoms with E-state index in [1.807, 2.05) is 13.0 Å². The van der Waals surface area contributed by atoms with Crippen LogP contribution in [0.3, 0.4) is 0 Å². The molecular formula is C17H28N4O3. The molecule has 24 heavy (non-hydrogen) atoms. The zero-order valence-corrected chi connectivity index (χ0v) is 14.8. The van der Waals surface area contributed by atoms with Gasteiger partial charge in [0.15, 0.2) is 5.76 Å². The van der Waals surface area contributed by atoms with Crippen molar-refractivity contribution in [3.8, 4) is 0 Å². The second-order valence-electron chi connectivity index (χ2n) is 6.64. The number of hydrogen-bond acceptors (Lipinski definition) is 5. The van der Waals surface area contributed by atoms with Gasteiger partial charge in [0.25, 0.3) is 0 Å². The average molecular weight is 336 g/mol. The zero-order valence-electron chi connectivity index (χ0n) is 14.8. The molecule has 2 rings (SSSR count). The number of rotatable bonds is 8. The van der Waals surface area contributed by atoms with Gasteiger partial charge in [-0.1, -0.05) is 25.9 Å². The Morgan fingerprint density at radius 3 is 3.00 bits per heavy atom. The molecule has 2 heterocycles. The fourth-order valence-electron chi connectivity index (χ4n) is 2.71. The summed E-state index contributed by atoms with van der Waals surface area (Å²) in [6.07, 6.45) is 1.98. The molecule has 1 saturated heterocycles. The first-order valence-electron chi connectivity index (χ1n) is 8.72. The van der Waals surface area contributed by atoms with Gasteiger partial charge in [-0.15, -0.1) is 0 Å². The fraction of sp³-hybridized carbons (Fsp3) is 0.706. The van der Waals surface area contributed by atoms with Crippen molar-refractivity contribution in [1.82, 2.24) is 20.7 Å². The molecule has 1 aromatic heterocycles. The van der Waals surface area contributed by atoms with Crippen LogP contribution < -0.4 is 10.6 Å². The summed E-state index contributed by atoms with van der Waals surface area (Å²) in [6, 6.07) is 1.45. The highest BCUT2D eigenvalue weighted by atomic mass is 16.5. The average Bonchev–Trinajstić information content (AvgIpc) is 3.01. The molecule has 0 spiro atoms. The van der Waals surface area contributed by atoms with Crippen LogP contribution in [0.1, 0.15) is 45.1 Å². The van der Waals surface area contributed by atoms with Gasteiger partial charge in [-0.2, -0.15) is 0 Å². The first-order chi connectivity index (χ1) is 11.5. The van der Waals surface area contributed by atoms with Gasteiger partial charge in [0.1, 0.15) is 0 Å². The molecular weight excluding hydrogens is 308 g/mol. The van der Waals surface area contributed by atoms with E-state index in [1.54, 1.807) is 0 Å². The van der Waals surface area contributed by atoms with Crippen LogP contribution in [0, 0.1) is 5.92 Å². The third-order valence-corrected chi connectivity index (χ3v) is 4.24. The van der Waals surface area contributed by atoms with E-state index in [0.29, 0.717) is 24.8 Å². The van der Waals surface area contributed by atoms with E-state index in [4.69, 9.17) is 4.52 Å². The van der Waals surface area contributed by atoms with Crippen LogP contribution in [0.25, 0.3) is 0 Å². The SMILES string of the molecule is CCc1cc(CNC(=O)CC2C(=O)NCCN2CCC(C)C)on1. The van der Waals surface area contributed by atoms with E-state index in [9.17, 15) is 9.59 Å². The quantitative estimate of drug-likeness (QED) is 0.742. The molecule has 0 radical (unpaired) electrons. The number of nitrogens with zero attached hydrogens (tertiary/aromatic N) is 2. The number of aryl methyl sites for hydroxylation is 1. The van der Waals surface area contributed by atoms with Crippen LogP contribution in [0.15, 0.2) is 10.6 Å². The smallest absolute Gasteiger partial charge is 0.237 e. The molecule has 2 amide bonds. The molecule has 1 aliphatic rings. The van der Waals surface area contributed by atoms with E-state index in [2.05, 4.69) is 34.5 Å². The normalized spacial score (nSPS) is 18.7. The molecule has 2 N–H and O–H groups in total. The van der Waals surface area contributed by atoms with Gasteiger partial charge in [-0.25, -0.2) is 0 Å². The van der Waals surface area contributed by atoms with Crippen molar-refractivity contribution in [2.45, 2.75) is 52.6 Å². The monoisotopic (exact) mass is 336 g/mol. The van der Waals surface area contributed by atoms with E-state index in [-0.39, 0.29) is 18.2 Å². The van der Waals surface area contributed by atoms with Crippen molar-refractivity contribution < 1.29 is 14.1 Å². The highest BCUT2D eigenvalue weighted by Gasteiger charge is 2.31. The fourth-order valence-corrected chi connectivity index (χ4v) is 2.71. The predicted octanol–water partition coefficient (Wildman–Crippen LogP) is 1.09. The second-order valence-corrected chi connectivity index (χ2v) is 6.64. The summed E-state index contributed by atoms with van der Waals surface area (Å²) in [5.74, 6) is 0.989. The summed E-state index contributed by atoms with van der Waals surface area (Å²) in [5, 5.41) is 9.56. The number of amides is 2. The van der Waals surface area contributed by atoms with Crippen LogP contribution in [0.5, 0.6) is 0 Å². The topological polar surface area (TPSA) is 87.5 Å². The van der Waals surface area contributed by atoms with E-state index >= 15 is 0 Å². The highest BCUT2D eigenvalue weighted by molar-refractivity contribution is 5.88. The molecule has 1 aromatic rings. The minimum atomic E-state index is -0.390. The van der Waals surface area contributed by atoms with Crippen LogP contribution >= 0.6 is 0 Å². The van der Waals surface area contributed by atoms with E-state index < -0.39 is 6.04 Å². The molecule has 0 bridgehead atoms. The summed E-state index contributed by atoms with van der Waals surface area (Å²) in [5.41, 5.74) is 0.866. The van der Waals surface area contributed by atoms with Gasteiger partial charge in [0, 0.05) is 19.2 Å². The Hall–Kier alpha value is -1.89. The standard InChI is InChI=1S/C17H28N4O3/c1-4-13-9-14(24-20-13)11-19-16(22)10-15-17(23)18-6-8-21(15)7-5-12(2)3/h9,12,15H,4-8,10-11H2,1-3H3,(H,18,23)(H,19,22). The summed E-state index contributed by atoms with van der Waals surface area (Å²) in [7, 11) is 0. The maximum absolute atomic E-state index is 12.2. The lowest BCUT2D eigenvalue weighted by Crippen LogP contribution is -2.56. The Bertz CT molecular complexity index is 556. The van der Waals surface area contributed by atoms with Gasteiger partial charge in [0.05, 0.1) is 24.7 Å². The predicted molar refractivity (Wildman–Crippen MR) is 90.2 cm³/mol. The lowest BCUT2D eigenvalue weighted by Gasteiger charge is -2.35. The molecule has 0 aliphatic carbocycles. The molecule has 134 valence electrons. The minimum Gasteiger partial charge on any atom is -0.359 e. The van der Waals surface area contributed by atoms with Gasteiger partial charge in [0.2, 0.25) is 11.8 Å². The Morgan fingerprint density at radius 1 is 1.54 bits per heavy atom. The summed E-state index contributed by atoms with van der Waals surface area (Å²) >= 11 is 0. The minimum absolute atomic E-state index is 0.0620.